The molecule has 5 aromatic rings. The summed E-state index contributed by atoms with van der Waals surface area (Å²) in [4.78, 5) is 13.1. The zero-order valence-electron chi connectivity index (χ0n) is 16.0. The molecule has 1 aromatic carbocycles. The summed E-state index contributed by atoms with van der Waals surface area (Å²) < 4.78 is 1.82. The number of hydrogen-bond acceptors (Lipinski definition) is 6. The van der Waals surface area contributed by atoms with Crippen molar-refractivity contribution in [2.24, 2.45) is 0 Å². The first kappa shape index (κ1) is 17.8. The van der Waals surface area contributed by atoms with E-state index in [9.17, 15) is 5.11 Å². The lowest BCUT2D eigenvalue weighted by atomic mass is 10.1. The number of pyridine rings is 2. The van der Waals surface area contributed by atoms with E-state index < -0.39 is 0 Å². The van der Waals surface area contributed by atoms with Crippen LogP contribution in [0.3, 0.4) is 0 Å². The second-order valence-electron chi connectivity index (χ2n) is 6.75. The summed E-state index contributed by atoms with van der Waals surface area (Å²) in [5.41, 5.74) is 4.63. The van der Waals surface area contributed by atoms with Gasteiger partial charge in [-0.25, -0.2) is 14.5 Å². The molecule has 4 heterocycles. The molecule has 30 heavy (non-hydrogen) atoms. The van der Waals surface area contributed by atoms with Gasteiger partial charge in [-0.2, -0.15) is 0 Å². The summed E-state index contributed by atoms with van der Waals surface area (Å²) >= 11 is 0. The first-order chi connectivity index (χ1) is 14.8. The summed E-state index contributed by atoms with van der Waals surface area (Å²) in [6, 6.07) is 21.3. The molecule has 0 saturated carbocycles. The lowest BCUT2D eigenvalue weighted by Gasteiger charge is -2.11. The van der Waals surface area contributed by atoms with Gasteiger partial charge >= 0.3 is 0 Å². The van der Waals surface area contributed by atoms with Gasteiger partial charge in [0.1, 0.15) is 5.52 Å². The first-order valence-electron chi connectivity index (χ1n) is 9.52. The van der Waals surface area contributed by atoms with Crippen LogP contribution in [0.25, 0.3) is 28.0 Å². The van der Waals surface area contributed by atoms with Crippen LogP contribution in [0, 0.1) is 0 Å². The molecule has 0 aliphatic rings. The molecule has 0 bridgehead atoms. The highest BCUT2D eigenvalue weighted by molar-refractivity contribution is 5.89. The Bertz CT molecular complexity index is 1280. The Morgan fingerprint density at radius 3 is 2.50 bits per heavy atom. The van der Waals surface area contributed by atoms with Crippen LogP contribution in [0.5, 0.6) is 5.88 Å². The predicted octanol–water partition coefficient (Wildman–Crippen LogP) is 4.17. The van der Waals surface area contributed by atoms with E-state index in [4.69, 9.17) is 4.98 Å². The van der Waals surface area contributed by atoms with E-state index in [-0.39, 0.29) is 5.88 Å². The molecule has 7 heteroatoms. The third-order valence-electron chi connectivity index (χ3n) is 4.77. The topological polar surface area (TPSA) is 88.2 Å². The van der Waals surface area contributed by atoms with Crippen molar-refractivity contribution >= 4 is 11.3 Å². The lowest BCUT2D eigenvalue weighted by Crippen LogP contribution is -2.08. The predicted molar refractivity (Wildman–Crippen MR) is 115 cm³/mol. The third-order valence-corrected chi connectivity index (χ3v) is 4.77. The summed E-state index contributed by atoms with van der Waals surface area (Å²) in [6.07, 6.45) is 5.25. The van der Waals surface area contributed by atoms with Crippen molar-refractivity contribution in [3.8, 4) is 28.4 Å². The van der Waals surface area contributed by atoms with Crippen molar-refractivity contribution in [2.45, 2.75) is 6.54 Å². The Balaban J connectivity index is 1.63. The van der Waals surface area contributed by atoms with Crippen LogP contribution in [0.4, 0.5) is 5.82 Å². The molecule has 0 atom stereocenters. The Labute approximate surface area is 172 Å². The van der Waals surface area contributed by atoms with E-state index in [2.05, 4.69) is 32.5 Å². The van der Waals surface area contributed by atoms with Crippen molar-refractivity contribution in [1.82, 2.24) is 24.6 Å². The van der Waals surface area contributed by atoms with E-state index >= 15 is 0 Å². The molecule has 0 fully saturated rings. The van der Waals surface area contributed by atoms with Gasteiger partial charge < -0.3 is 10.4 Å². The van der Waals surface area contributed by atoms with Gasteiger partial charge in [-0.05, 0) is 29.8 Å². The molecule has 0 aliphatic carbocycles. The van der Waals surface area contributed by atoms with Gasteiger partial charge in [0.2, 0.25) is 5.88 Å². The number of hydrogen-bond donors (Lipinski definition) is 2. The Morgan fingerprint density at radius 2 is 1.73 bits per heavy atom. The Hall–Kier alpha value is -4.26. The number of benzene rings is 1. The highest BCUT2D eigenvalue weighted by Crippen LogP contribution is 2.31. The second-order valence-corrected chi connectivity index (χ2v) is 6.75. The van der Waals surface area contributed by atoms with Crippen LogP contribution in [0.1, 0.15) is 5.69 Å². The monoisotopic (exact) mass is 394 g/mol. The number of anilines is 1. The molecule has 7 nitrogen and oxygen atoms in total. The molecular weight excluding hydrogens is 376 g/mol. The van der Waals surface area contributed by atoms with Crippen LogP contribution in [-0.4, -0.2) is 29.7 Å². The number of aromatic hydroxyl groups is 1. The van der Waals surface area contributed by atoms with Crippen molar-refractivity contribution in [2.75, 3.05) is 5.32 Å². The molecule has 0 amide bonds. The molecule has 4 aromatic heterocycles. The lowest BCUT2D eigenvalue weighted by molar-refractivity contribution is 0.453. The van der Waals surface area contributed by atoms with Gasteiger partial charge in [-0.1, -0.05) is 36.4 Å². The van der Waals surface area contributed by atoms with Crippen LogP contribution in [-0.2, 0) is 6.54 Å². The maximum atomic E-state index is 9.49. The second kappa shape index (κ2) is 7.63. The fourth-order valence-electron chi connectivity index (χ4n) is 3.32. The molecule has 0 radical (unpaired) electrons. The van der Waals surface area contributed by atoms with Gasteiger partial charge in [0.15, 0.2) is 11.6 Å². The number of aromatic nitrogens is 5. The van der Waals surface area contributed by atoms with Crippen molar-refractivity contribution in [1.29, 1.82) is 0 Å². The number of rotatable bonds is 5. The number of nitrogens with one attached hydrogen (secondary N) is 1. The molecule has 0 saturated heterocycles. The van der Waals surface area contributed by atoms with Crippen LogP contribution in [0.15, 0.2) is 85.3 Å². The van der Waals surface area contributed by atoms with E-state index in [0.29, 0.717) is 23.8 Å². The maximum absolute atomic E-state index is 9.49. The van der Waals surface area contributed by atoms with Gasteiger partial charge in [0, 0.05) is 35.8 Å². The number of nitrogens with zero attached hydrogens (tertiary/aromatic N) is 5. The largest absolute Gasteiger partial charge is 0.493 e. The minimum absolute atomic E-state index is 0.0411. The molecule has 0 unspecified atom stereocenters. The average Bonchev–Trinajstić information content (AvgIpc) is 3.23. The van der Waals surface area contributed by atoms with Crippen LogP contribution < -0.4 is 5.32 Å². The Kier molecular flexibility index (Phi) is 4.53. The van der Waals surface area contributed by atoms with E-state index in [1.165, 1.54) is 6.07 Å². The summed E-state index contributed by atoms with van der Waals surface area (Å²) in [5.74, 6) is 1.16. The normalized spacial score (nSPS) is 10.9. The van der Waals surface area contributed by atoms with Gasteiger partial charge in [-0.3, -0.25) is 4.98 Å². The van der Waals surface area contributed by atoms with Crippen molar-refractivity contribution in [3.05, 3.63) is 91.0 Å². The minimum atomic E-state index is -0.0411. The molecular formula is C23H18N6O. The SMILES string of the molecule is Oc1ccc(-c2nc(NCc3ccccn3)c3c(-c4ccccc4)ccn3n2)cn1. The third kappa shape index (κ3) is 3.44. The smallest absolute Gasteiger partial charge is 0.210 e. The molecule has 5 rings (SSSR count). The quantitative estimate of drug-likeness (QED) is 0.465. The highest BCUT2D eigenvalue weighted by Gasteiger charge is 2.15. The van der Waals surface area contributed by atoms with Crippen LogP contribution >= 0.6 is 0 Å². The molecule has 0 aliphatic heterocycles. The molecule has 0 spiro atoms. The van der Waals surface area contributed by atoms with Crippen LogP contribution in [0.2, 0.25) is 0 Å². The van der Waals surface area contributed by atoms with Gasteiger partial charge in [0.25, 0.3) is 0 Å². The zero-order valence-corrected chi connectivity index (χ0v) is 16.0. The molecule has 146 valence electrons. The number of fused-ring (bicyclic) bond motifs is 1. The summed E-state index contributed by atoms with van der Waals surface area (Å²) in [5, 5.41) is 17.6. The summed E-state index contributed by atoms with van der Waals surface area (Å²) in [6.45, 7) is 0.528. The van der Waals surface area contributed by atoms with Crippen molar-refractivity contribution < 1.29 is 5.11 Å². The van der Waals surface area contributed by atoms with Gasteiger partial charge in [-0.15, -0.1) is 5.10 Å². The van der Waals surface area contributed by atoms with E-state index in [0.717, 1.165) is 22.3 Å². The average molecular weight is 394 g/mol. The minimum Gasteiger partial charge on any atom is -0.493 e. The standard InChI is InChI=1S/C23H18N6O/c30-20-10-9-17(14-25-20)22-27-23(26-15-18-8-4-5-12-24-18)21-19(11-13-29(21)28-22)16-6-2-1-3-7-16/h1-14H,15H2,(H,25,30)(H,26,27,28). The van der Waals surface area contributed by atoms with Gasteiger partial charge in [0.05, 0.1) is 12.2 Å². The fraction of sp³-hybridized carbons (Fsp3) is 0.0435. The Morgan fingerprint density at radius 1 is 0.867 bits per heavy atom. The first-order valence-corrected chi connectivity index (χ1v) is 9.52. The zero-order chi connectivity index (χ0) is 20.3. The molecule has 2 N–H and O–H groups in total. The fourth-order valence-corrected chi connectivity index (χ4v) is 3.32. The summed E-state index contributed by atoms with van der Waals surface area (Å²) in [7, 11) is 0. The van der Waals surface area contributed by atoms with E-state index in [1.54, 1.807) is 18.5 Å². The van der Waals surface area contributed by atoms with E-state index in [1.807, 2.05) is 53.2 Å². The highest BCUT2D eigenvalue weighted by atomic mass is 16.3. The maximum Gasteiger partial charge on any atom is 0.210 e. The van der Waals surface area contributed by atoms with Crippen molar-refractivity contribution in [3.63, 3.8) is 0 Å².